The van der Waals surface area contributed by atoms with Gasteiger partial charge in [0.15, 0.2) is 0 Å². The molecule has 0 aliphatic heterocycles. The van der Waals surface area contributed by atoms with E-state index < -0.39 is 0 Å². The lowest BCUT2D eigenvalue weighted by atomic mass is 9.95. The van der Waals surface area contributed by atoms with Crippen LogP contribution in [0.5, 0.6) is 0 Å². The molecule has 176 valence electrons. The van der Waals surface area contributed by atoms with E-state index in [1.807, 2.05) is 42.6 Å². The first-order valence-corrected chi connectivity index (χ1v) is 12.9. The molecule has 4 N–H and O–H groups in total. The Balaban J connectivity index is 1.42. The van der Waals surface area contributed by atoms with Crippen LogP contribution in [0.4, 0.5) is 5.82 Å². The first-order valence-electron chi connectivity index (χ1n) is 12.0. The minimum Gasteiger partial charge on any atom is -0.367 e. The van der Waals surface area contributed by atoms with Gasteiger partial charge in [0.2, 0.25) is 0 Å². The molecule has 1 aromatic carbocycles. The van der Waals surface area contributed by atoms with Gasteiger partial charge in [-0.3, -0.25) is 9.20 Å². The van der Waals surface area contributed by atoms with E-state index in [0.29, 0.717) is 24.7 Å². The lowest BCUT2D eigenvalue weighted by Crippen LogP contribution is -2.24. The molecule has 0 radical (unpaired) electrons. The van der Waals surface area contributed by atoms with Gasteiger partial charge in [-0.05, 0) is 60.0 Å². The van der Waals surface area contributed by atoms with E-state index in [-0.39, 0.29) is 5.91 Å². The number of thiophene rings is 1. The van der Waals surface area contributed by atoms with E-state index in [0.717, 1.165) is 28.3 Å². The zero-order valence-corrected chi connectivity index (χ0v) is 20.3. The molecule has 0 unspecified atom stereocenters. The molecule has 0 bridgehead atoms. The maximum Gasteiger partial charge on any atom is 0.251 e. The molecular formula is C27H31N5OS. The maximum absolute atomic E-state index is 12.9. The van der Waals surface area contributed by atoms with Crippen molar-refractivity contribution < 1.29 is 4.79 Å². The largest absolute Gasteiger partial charge is 0.367 e. The van der Waals surface area contributed by atoms with Gasteiger partial charge in [-0.25, -0.2) is 4.98 Å². The highest BCUT2D eigenvalue weighted by Crippen LogP contribution is 2.36. The van der Waals surface area contributed by atoms with E-state index in [9.17, 15) is 4.79 Å². The van der Waals surface area contributed by atoms with Gasteiger partial charge in [0, 0.05) is 30.9 Å². The topological polar surface area (TPSA) is 84.5 Å². The summed E-state index contributed by atoms with van der Waals surface area (Å²) < 4.78 is 2.09. The minimum atomic E-state index is -0.112. The highest BCUT2D eigenvalue weighted by Gasteiger charge is 2.22. The van der Waals surface area contributed by atoms with Crippen molar-refractivity contribution in [3.8, 4) is 10.6 Å². The van der Waals surface area contributed by atoms with Crippen molar-refractivity contribution in [1.82, 2.24) is 14.7 Å². The molecule has 7 heteroatoms. The fraction of sp³-hybridized carbons (Fsp3) is 0.333. The Bertz CT molecular complexity index is 1300. The predicted octanol–water partition coefficient (Wildman–Crippen LogP) is 5.50. The number of nitrogens with two attached hydrogens (primary N) is 1. The Hall–Kier alpha value is -3.16. The third-order valence-electron chi connectivity index (χ3n) is 6.59. The second kappa shape index (κ2) is 9.99. The molecule has 3 heterocycles. The number of nitrogens with one attached hydrogen (secondary N) is 2. The van der Waals surface area contributed by atoms with Crippen LogP contribution in [0.1, 0.15) is 59.2 Å². The molecule has 1 aliphatic rings. The fourth-order valence-electron chi connectivity index (χ4n) is 4.69. The van der Waals surface area contributed by atoms with Crippen molar-refractivity contribution in [3.05, 3.63) is 76.3 Å². The van der Waals surface area contributed by atoms with Crippen LogP contribution in [0.2, 0.25) is 0 Å². The number of aromatic nitrogens is 2. The fourth-order valence-corrected chi connectivity index (χ4v) is 5.60. The van der Waals surface area contributed by atoms with Crippen molar-refractivity contribution in [2.24, 2.45) is 5.73 Å². The van der Waals surface area contributed by atoms with Gasteiger partial charge in [-0.1, -0.05) is 43.5 Å². The molecule has 1 amide bonds. The number of hydrogen-bond acceptors (Lipinski definition) is 5. The first kappa shape index (κ1) is 22.6. The summed E-state index contributed by atoms with van der Waals surface area (Å²) >= 11 is 1.71. The van der Waals surface area contributed by atoms with Gasteiger partial charge in [0.05, 0.1) is 4.88 Å². The number of amides is 1. The van der Waals surface area contributed by atoms with Crippen LogP contribution in [0, 0.1) is 6.92 Å². The number of rotatable bonds is 7. The highest BCUT2D eigenvalue weighted by molar-refractivity contribution is 7.13. The van der Waals surface area contributed by atoms with Crippen molar-refractivity contribution in [2.45, 2.75) is 58.2 Å². The van der Waals surface area contributed by atoms with Gasteiger partial charge in [-0.15, -0.1) is 11.3 Å². The monoisotopic (exact) mass is 473 g/mol. The molecule has 1 aliphatic carbocycles. The molecule has 4 aromatic rings. The summed E-state index contributed by atoms with van der Waals surface area (Å²) in [7, 11) is 0. The van der Waals surface area contributed by atoms with Crippen LogP contribution in [-0.2, 0) is 13.1 Å². The lowest BCUT2D eigenvalue weighted by molar-refractivity contribution is 0.0951. The van der Waals surface area contributed by atoms with E-state index in [4.69, 9.17) is 10.7 Å². The summed E-state index contributed by atoms with van der Waals surface area (Å²) in [6.07, 6.45) is 8.17. The van der Waals surface area contributed by atoms with Crippen LogP contribution in [-0.4, -0.2) is 21.3 Å². The van der Waals surface area contributed by atoms with Crippen LogP contribution in [0.3, 0.4) is 0 Å². The number of fused-ring (bicyclic) bond motifs is 1. The van der Waals surface area contributed by atoms with Crippen molar-refractivity contribution in [2.75, 3.05) is 5.32 Å². The summed E-state index contributed by atoms with van der Waals surface area (Å²) in [5.41, 5.74) is 11.4. The van der Waals surface area contributed by atoms with Gasteiger partial charge in [-0.2, -0.15) is 0 Å². The van der Waals surface area contributed by atoms with Gasteiger partial charge in [0.1, 0.15) is 17.2 Å². The number of aryl methyl sites for hydroxylation is 1. The zero-order chi connectivity index (χ0) is 23.5. The number of anilines is 1. The highest BCUT2D eigenvalue weighted by atomic mass is 32.1. The van der Waals surface area contributed by atoms with Crippen LogP contribution < -0.4 is 16.4 Å². The minimum absolute atomic E-state index is 0.112. The van der Waals surface area contributed by atoms with Crippen molar-refractivity contribution in [3.63, 3.8) is 0 Å². The molecule has 6 nitrogen and oxygen atoms in total. The van der Waals surface area contributed by atoms with E-state index in [1.165, 1.54) is 42.5 Å². The Labute approximate surface area is 204 Å². The van der Waals surface area contributed by atoms with E-state index >= 15 is 0 Å². The van der Waals surface area contributed by atoms with Crippen molar-refractivity contribution >= 4 is 28.7 Å². The van der Waals surface area contributed by atoms with E-state index in [2.05, 4.69) is 33.4 Å². The number of benzene rings is 1. The average Bonchev–Trinajstić information content (AvgIpc) is 3.45. The average molecular weight is 474 g/mol. The smallest absolute Gasteiger partial charge is 0.251 e. The SMILES string of the molecule is Cc1ccsc1-c1nc2cc(C(=O)NCc3cccc(CN)c3)ccn2c1NC1CCCCC1. The molecular weight excluding hydrogens is 442 g/mol. The Kier molecular flexibility index (Phi) is 6.65. The number of carbonyl (C=O) groups excluding carboxylic acids is 1. The number of pyridine rings is 1. The summed E-state index contributed by atoms with van der Waals surface area (Å²) in [5.74, 6) is 0.914. The molecule has 1 fully saturated rings. The predicted molar refractivity (Wildman–Crippen MR) is 139 cm³/mol. The first-order chi connectivity index (χ1) is 16.6. The quantitative estimate of drug-likeness (QED) is 0.331. The standard InChI is InChI=1S/C27H31N5OS/c1-18-11-13-34-25(18)24-26(30-22-8-3-2-4-9-22)32-12-10-21(15-23(32)31-24)27(33)29-17-20-7-5-6-19(14-20)16-28/h5-7,10-15,22,30H,2-4,8-9,16-17,28H2,1H3,(H,29,33). The second-order valence-corrected chi connectivity index (χ2v) is 9.99. The molecule has 3 aromatic heterocycles. The molecule has 0 atom stereocenters. The third kappa shape index (κ3) is 4.72. The number of nitrogens with zero attached hydrogens (tertiary/aromatic N) is 2. The van der Waals surface area contributed by atoms with Crippen molar-refractivity contribution in [1.29, 1.82) is 0 Å². The van der Waals surface area contributed by atoms with E-state index in [1.54, 1.807) is 11.3 Å². The van der Waals surface area contributed by atoms with Gasteiger partial charge < -0.3 is 16.4 Å². The van der Waals surface area contributed by atoms with Gasteiger partial charge >= 0.3 is 0 Å². The van der Waals surface area contributed by atoms with Crippen LogP contribution in [0.25, 0.3) is 16.2 Å². The Morgan fingerprint density at radius 2 is 1.97 bits per heavy atom. The van der Waals surface area contributed by atoms with Crippen LogP contribution in [0.15, 0.2) is 54.0 Å². The molecule has 0 spiro atoms. The zero-order valence-electron chi connectivity index (χ0n) is 19.5. The van der Waals surface area contributed by atoms with Crippen LogP contribution >= 0.6 is 11.3 Å². The normalized spacial score (nSPS) is 14.4. The Morgan fingerprint density at radius 1 is 1.15 bits per heavy atom. The van der Waals surface area contributed by atoms with Gasteiger partial charge in [0.25, 0.3) is 5.91 Å². The summed E-state index contributed by atoms with van der Waals surface area (Å²) in [5, 5.41) is 8.92. The molecule has 0 saturated heterocycles. The lowest BCUT2D eigenvalue weighted by Gasteiger charge is -2.24. The Morgan fingerprint density at radius 3 is 2.74 bits per heavy atom. The molecule has 5 rings (SSSR count). The number of hydrogen-bond donors (Lipinski definition) is 3. The summed E-state index contributed by atoms with van der Waals surface area (Å²) in [4.78, 5) is 19.1. The number of carbonyl (C=O) groups is 1. The summed E-state index contributed by atoms with van der Waals surface area (Å²) in [6, 6.07) is 14.3. The third-order valence-corrected chi connectivity index (χ3v) is 7.61. The number of imidazole rings is 1. The second-order valence-electron chi connectivity index (χ2n) is 9.07. The molecule has 34 heavy (non-hydrogen) atoms. The maximum atomic E-state index is 12.9. The summed E-state index contributed by atoms with van der Waals surface area (Å²) in [6.45, 7) is 3.07. The molecule has 1 saturated carbocycles.